The molecule has 2 aliphatic rings. The first-order valence-electron chi connectivity index (χ1n) is 35.2. The molecule has 7 N–H and O–H groups in total. The lowest BCUT2D eigenvalue weighted by Gasteiger charge is -2.42. The molecule has 14 nitrogen and oxygen atoms in total. The lowest BCUT2D eigenvalue weighted by atomic mass is 9.98. The molecule has 0 bridgehead atoms. The summed E-state index contributed by atoms with van der Waals surface area (Å²) in [5, 5.41) is 72.6. The SMILES string of the molecule is CC/C=C\C/C=C\C/C=C\C/C=C\CCCCCCCCCCCCCCCOCC(COC1OC(COC2OC(CO)C(O)C(O)C2O)C(O)C(O)C1O)OC(=O)CCCCCCCCCCCCCCCCCCCCCCCCCCC. The fourth-order valence-electron chi connectivity index (χ4n) is 11.3. The Kier molecular flexibility index (Phi) is 53.1. The summed E-state index contributed by atoms with van der Waals surface area (Å²) in [4.78, 5) is 13.2. The van der Waals surface area contributed by atoms with Crippen LogP contribution >= 0.6 is 0 Å². The van der Waals surface area contributed by atoms with Crippen LogP contribution in [0.1, 0.15) is 296 Å². The average Bonchev–Trinajstić information content (AvgIpc) is 2.82. The Morgan fingerprint density at radius 2 is 0.765 bits per heavy atom. The number of allylic oxidation sites excluding steroid dienone is 8. The highest BCUT2D eigenvalue weighted by atomic mass is 16.7. The molecule has 2 fully saturated rings. The van der Waals surface area contributed by atoms with Crippen molar-refractivity contribution in [2.45, 2.75) is 364 Å². The molecule has 498 valence electrons. The van der Waals surface area contributed by atoms with Gasteiger partial charge in [0.15, 0.2) is 12.6 Å². The van der Waals surface area contributed by atoms with E-state index in [1.807, 2.05) is 0 Å². The monoisotopic (exact) mass is 1210 g/mol. The Bertz CT molecular complexity index is 1590. The van der Waals surface area contributed by atoms with E-state index in [0.717, 1.165) is 64.2 Å². The molecule has 0 aromatic rings. The third kappa shape index (κ3) is 42.6. The van der Waals surface area contributed by atoms with Gasteiger partial charge in [0, 0.05) is 13.0 Å². The summed E-state index contributed by atoms with van der Waals surface area (Å²) in [6.07, 6.45) is 56.2. The van der Waals surface area contributed by atoms with Crippen LogP contribution in [0.2, 0.25) is 0 Å². The number of hydrogen-bond acceptors (Lipinski definition) is 14. The van der Waals surface area contributed by atoms with E-state index in [9.17, 15) is 40.5 Å². The lowest BCUT2D eigenvalue weighted by Crippen LogP contribution is -2.61. The molecule has 11 unspecified atom stereocenters. The largest absolute Gasteiger partial charge is 0.457 e. The highest BCUT2D eigenvalue weighted by Gasteiger charge is 2.47. The molecule has 0 aliphatic carbocycles. The molecule has 0 spiro atoms. The topological polar surface area (TPSA) is 214 Å². The van der Waals surface area contributed by atoms with Gasteiger partial charge in [-0.1, -0.05) is 287 Å². The molecule has 0 amide bonds. The summed E-state index contributed by atoms with van der Waals surface area (Å²) in [6, 6.07) is 0. The number of hydrogen-bond donors (Lipinski definition) is 7. The number of rotatable bonds is 59. The van der Waals surface area contributed by atoms with E-state index >= 15 is 0 Å². The van der Waals surface area contributed by atoms with E-state index < -0.39 is 80.7 Å². The van der Waals surface area contributed by atoms with Crippen LogP contribution in [0.25, 0.3) is 0 Å². The molecule has 0 saturated carbocycles. The van der Waals surface area contributed by atoms with Gasteiger partial charge in [-0.05, 0) is 51.4 Å². The molecule has 2 saturated heterocycles. The summed E-state index contributed by atoms with van der Waals surface area (Å²) in [6.45, 7) is 3.64. The average molecular weight is 1210 g/mol. The molecule has 11 atom stereocenters. The Morgan fingerprint density at radius 3 is 1.20 bits per heavy atom. The smallest absolute Gasteiger partial charge is 0.306 e. The second-order valence-electron chi connectivity index (χ2n) is 24.7. The van der Waals surface area contributed by atoms with Gasteiger partial charge >= 0.3 is 5.97 Å². The Labute approximate surface area is 518 Å². The first-order valence-corrected chi connectivity index (χ1v) is 35.2. The zero-order valence-electron chi connectivity index (χ0n) is 54.1. The van der Waals surface area contributed by atoms with E-state index in [1.54, 1.807) is 0 Å². The van der Waals surface area contributed by atoms with Crippen LogP contribution in [-0.4, -0.2) is 142 Å². The molecule has 85 heavy (non-hydrogen) atoms. The first-order chi connectivity index (χ1) is 41.6. The lowest BCUT2D eigenvalue weighted by molar-refractivity contribution is -0.332. The fraction of sp³-hybridized carbons (Fsp3) is 0.873. The minimum atomic E-state index is -1.71. The normalized spacial score (nSPS) is 23.4. The van der Waals surface area contributed by atoms with Crippen molar-refractivity contribution in [3.63, 3.8) is 0 Å². The van der Waals surface area contributed by atoms with Crippen molar-refractivity contribution in [1.29, 1.82) is 0 Å². The number of aliphatic hydroxyl groups excluding tert-OH is 7. The van der Waals surface area contributed by atoms with Gasteiger partial charge in [0.05, 0.1) is 26.4 Å². The number of carbonyl (C=O) groups is 1. The molecule has 2 heterocycles. The second-order valence-corrected chi connectivity index (χ2v) is 24.7. The van der Waals surface area contributed by atoms with Gasteiger partial charge in [-0.3, -0.25) is 4.79 Å². The number of esters is 1. The van der Waals surface area contributed by atoms with Gasteiger partial charge in [0.25, 0.3) is 0 Å². The standard InChI is InChI=1S/C71H130O14/c1-3-5-7-9-11-13-15-17-19-21-23-25-27-29-31-33-35-37-39-41-43-45-47-49-51-53-55-80-57-60(58-81-70-69(79)67(77)65(75)62(85-70)59-82-71-68(78)66(76)64(74)61(56-72)84-71)83-63(73)54-52-50-48-46-44-42-40-38-36-34-32-30-28-26-24-22-20-18-16-14-12-10-8-6-4-2/h5,7,11,13,17,19,23,25,60-62,64-72,74-79H,3-4,6,8-10,12,14-16,18,20-22,24,26-59H2,1-2H3/b7-5-,13-11-,19-17-,25-23-. The predicted octanol–water partition coefficient (Wildman–Crippen LogP) is 15.0. The van der Waals surface area contributed by atoms with Crippen molar-refractivity contribution in [3.05, 3.63) is 48.6 Å². The van der Waals surface area contributed by atoms with Gasteiger partial charge in [0.1, 0.15) is 54.9 Å². The van der Waals surface area contributed by atoms with Crippen LogP contribution in [0, 0.1) is 0 Å². The van der Waals surface area contributed by atoms with Gasteiger partial charge < -0.3 is 64.2 Å². The predicted molar refractivity (Wildman–Crippen MR) is 344 cm³/mol. The van der Waals surface area contributed by atoms with Crippen LogP contribution < -0.4 is 0 Å². The molecule has 0 aromatic carbocycles. The molecule has 0 aromatic heterocycles. The fourth-order valence-corrected chi connectivity index (χ4v) is 11.3. The number of unbranched alkanes of at least 4 members (excludes halogenated alkanes) is 37. The maximum absolute atomic E-state index is 13.2. The van der Waals surface area contributed by atoms with E-state index in [2.05, 4.69) is 62.5 Å². The minimum absolute atomic E-state index is 0.0636. The summed E-state index contributed by atoms with van der Waals surface area (Å²) in [5.41, 5.74) is 0. The zero-order valence-corrected chi connectivity index (χ0v) is 54.1. The van der Waals surface area contributed by atoms with Crippen LogP contribution in [0.15, 0.2) is 48.6 Å². The van der Waals surface area contributed by atoms with Crippen molar-refractivity contribution in [2.75, 3.05) is 33.0 Å². The second kappa shape index (κ2) is 57.1. The van der Waals surface area contributed by atoms with Crippen LogP contribution in [-0.2, 0) is 33.2 Å². The van der Waals surface area contributed by atoms with Crippen molar-refractivity contribution in [1.82, 2.24) is 0 Å². The van der Waals surface area contributed by atoms with Crippen molar-refractivity contribution in [3.8, 4) is 0 Å². The molecule has 14 heteroatoms. The number of carbonyl (C=O) groups excluding carboxylic acids is 1. The van der Waals surface area contributed by atoms with Crippen molar-refractivity contribution >= 4 is 5.97 Å². The summed E-state index contributed by atoms with van der Waals surface area (Å²) >= 11 is 0. The number of aliphatic hydroxyl groups is 7. The maximum atomic E-state index is 13.2. The Hall–Kier alpha value is -2.05. The van der Waals surface area contributed by atoms with Gasteiger partial charge in [0.2, 0.25) is 0 Å². The highest BCUT2D eigenvalue weighted by molar-refractivity contribution is 5.69. The molecular formula is C71H130O14. The maximum Gasteiger partial charge on any atom is 0.306 e. The molecular weight excluding hydrogens is 1080 g/mol. The zero-order chi connectivity index (χ0) is 61.5. The highest BCUT2D eigenvalue weighted by Crippen LogP contribution is 2.27. The van der Waals surface area contributed by atoms with E-state index in [1.165, 1.54) is 205 Å². The van der Waals surface area contributed by atoms with Crippen LogP contribution in [0.3, 0.4) is 0 Å². The van der Waals surface area contributed by atoms with E-state index in [4.69, 9.17) is 28.4 Å². The van der Waals surface area contributed by atoms with Gasteiger partial charge in [-0.15, -0.1) is 0 Å². The van der Waals surface area contributed by atoms with Crippen LogP contribution in [0.4, 0.5) is 0 Å². The van der Waals surface area contributed by atoms with E-state index in [0.29, 0.717) is 13.0 Å². The van der Waals surface area contributed by atoms with E-state index in [-0.39, 0.29) is 25.6 Å². The van der Waals surface area contributed by atoms with Crippen LogP contribution in [0.5, 0.6) is 0 Å². The summed E-state index contributed by atoms with van der Waals surface area (Å²) in [5.74, 6) is -0.369. The Morgan fingerprint density at radius 1 is 0.400 bits per heavy atom. The summed E-state index contributed by atoms with van der Waals surface area (Å²) in [7, 11) is 0. The van der Waals surface area contributed by atoms with Gasteiger partial charge in [-0.25, -0.2) is 0 Å². The first kappa shape index (κ1) is 79.0. The summed E-state index contributed by atoms with van der Waals surface area (Å²) < 4.78 is 34.6. The third-order valence-electron chi connectivity index (χ3n) is 16.9. The van der Waals surface area contributed by atoms with Gasteiger partial charge in [-0.2, -0.15) is 0 Å². The third-order valence-corrected chi connectivity index (χ3v) is 16.9. The van der Waals surface area contributed by atoms with Crippen molar-refractivity contribution in [2.24, 2.45) is 0 Å². The van der Waals surface area contributed by atoms with Crippen molar-refractivity contribution < 1.29 is 69.0 Å². The number of ether oxygens (including phenoxy) is 6. The minimum Gasteiger partial charge on any atom is -0.457 e. The Balaban J connectivity index is 1.63. The molecule has 0 radical (unpaired) electrons. The quantitative estimate of drug-likeness (QED) is 0.0171. The molecule has 2 aliphatic heterocycles. The molecule has 2 rings (SSSR count).